The van der Waals surface area contributed by atoms with Gasteiger partial charge in [0.1, 0.15) is 0 Å². The second-order valence-electron chi connectivity index (χ2n) is 4.72. The Morgan fingerprint density at radius 2 is 2.32 bits per heavy atom. The van der Waals surface area contributed by atoms with E-state index in [9.17, 15) is 0 Å². The standard InChI is InChI=1S/C14H9N4O/c1-3-16-13-12-11(8-17(13)5-1)18-7-9-6-15-4-2-10(9)14(18)19-12/h1-6,8H,7H2/q+1. The molecule has 0 N–H and O–H groups in total. The lowest BCUT2D eigenvalue weighted by molar-refractivity contribution is -0.649. The first-order valence-electron chi connectivity index (χ1n) is 6.13. The molecule has 5 nitrogen and oxygen atoms in total. The number of aromatic nitrogens is 4. The minimum Gasteiger partial charge on any atom is -0.393 e. The van der Waals surface area contributed by atoms with Gasteiger partial charge in [-0.15, -0.1) is 0 Å². The van der Waals surface area contributed by atoms with Gasteiger partial charge in [0.25, 0.3) is 5.52 Å². The lowest BCUT2D eigenvalue weighted by Gasteiger charge is -1.90. The first-order valence-corrected chi connectivity index (χ1v) is 6.13. The van der Waals surface area contributed by atoms with E-state index in [1.807, 2.05) is 28.9 Å². The Hall–Kier alpha value is -2.69. The lowest BCUT2D eigenvalue weighted by atomic mass is 10.2. The molecule has 0 unspecified atom stereocenters. The Labute approximate surface area is 107 Å². The predicted molar refractivity (Wildman–Crippen MR) is 67.5 cm³/mol. The minimum atomic E-state index is 0.808. The van der Waals surface area contributed by atoms with Crippen molar-refractivity contribution in [2.24, 2.45) is 0 Å². The highest BCUT2D eigenvalue weighted by Crippen LogP contribution is 2.32. The summed E-state index contributed by atoms with van der Waals surface area (Å²) in [5.74, 6) is 0.899. The van der Waals surface area contributed by atoms with Crippen LogP contribution in [0.4, 0.5) is 0 Å². The SMILES string of the molecule is c1cnc2c3oc4[n+](c3cn2c1)Cc1cnccc1-4. The average molecular weight is 249 g/mol. The topological polar surface area (TPSA) is 47.2 Å². The van der Waals surface area contributed by atoms with Crippen LogP contribution in [0, 0.1) is 0 Å². The second kappa shape index (κ2) is 3.00. The van der Waals surface area contributed by atoms with E-state index in [1.165, 1.54) is 5.56 Å². The zero-order valence-electron chi connectivity index (χ0n) is 9.95. The number of rotatable bonds is 0. The minimum absolute atomic E-state index is 0.808. The van der Waals surface area contributed by atoms with Gasteiger partial charge in [-0.3, -0.25) is 9.38 Å². The summed E-state index contributed by atoms with van der Waals surface area (Å²) in [6, 6.07) is 3.91. The number of hydrogen-bond acceptors (Lipinski definition) is 3. The third-order valence-corrected chi connectivity index (χ3v) is 3.67. The van der Waals surface area contributed by atoms with Gasteiger partial charge in [0, 0.05) is 24.8 Å². The third-order valence-electron chi connectivity index (χ3n) is 3.67. The monoisotopic (exact) mass is 249 g/mol. The molecule has 5 heterocycles. The molecule has 0 radical (unpaired) electrons. The number of hydrogen-bond donors (Lipinski definition) is 0. The number of fused-ring (bicyclic) bond motifs is 7. The first-order chi connectivity index (χ1) is 9.42. The molecule has 0 saturated heterocycles. The molecule has 5 rings (SSSR count). The Kier molecular flexibility index (Phi) is 1.46. The maximum atomic E-state index is 6.04. The van der Waals surface area contributed by atoms with Crippen molar-refractivity contribution in [1.82, 2.24) is 14.4 Å². The summed E-state index contributed by atoms with van der Waals surface area (Å²) in [6.07, 6.45) is 9.52. The first kappa shape index (κ1) is 9.27. The van der Waals surface area contributed by atoms with Crippen LogP contribution in [-0.4, -0.2) is 14.4 Å². The summed E-state index contributed by atoms with van der Waals surface area (Å²) < 4.78 is 10.2. The van der Waals surface area contributed by atoms with Gasteiger partial charge in [-0.25, -0.2) is 4.98 Å². The predicted octanol–water partition coefficient (Wildman–Crippen LogP) is 1.79. The van der Waals surface area contributed by atoms with E-state index in [-0.39, 0.29) is 0 Å². The summed E-state index contributed by atoms with van der Waals surface area (Å²) in [7, 11) is 0. The van der Waals surface area contributed by atoms with E-state index in [2.05, 4.69) is 20.7 Å². The maximum Gasteiger partial charge on any atom is 0.382 e. The normalized spacial score (nSPS) is 13.1. The van der Waals surface area contributed by atoms with Crippen LogP contribution in [0.2, 0.25) is 0 Å². The quantitative estimate of drug-likeness (QED) is 0.393. The van der Waals surface area contributed by atoms with Crippen LogP contribution in [0.3, 0.4) is 0 Å². The van der Waals surface area contributed by atoms with Gasteiger partial charge in [-0.2, -0.15) is 4.57 Å². The third kappa shape index (κ3) is 1.03. The van der Waals surface area contributed by atoms with Gasteiger partial charge in [0.15, 0.2) is 12.2 Å². The summed E-state index contributed by atoms with van der Waals surface area (Å²) >= 11 is 0. The van der Waals surface area contributed by atoms with Crippen LogP contribution in [0.25, 0.3) is 28.2 Å². The highest BCUT2D eigenvalue weighted by atomic mass is 16.4. The molecule has 4 aromatic heterocycles. The fraction of sp³-hybridized carbons (Fsp3) is 0.0714. The molecule has 4 aromatic rings. The van der Waals surface area contributed by atoms with E-state index in [0.29, 0.717) is 0 Å². The molecule has 0 aromatic carbocycles. The van der Waals surface area contributed by atoms with Crippen molar-refractivity contribution in [1.29, 1.82) is 0 Å². The highest BCUT2D eigenvalue weighted by Gasteiger charge is 2.35. The van der Waals surface area contributed by atoms with Crippen molar-refractivity contribution >= 4 is 16.7 Å². The summed E-state index contributed by atoms with van der Waals surface area (Å²) in [6.45, 7) is 0.808. The van der Waals surface area contributed by atoms with E-state index in [4.69, 9.17) is 4.42 Å². The van der Waals surface area contributed by atoms with Gasteiger partial charge >= 0.3 is 5.89 Å². The van der Waals surface area contributed by atoms with Crippen LogP contribution in [0.1, 0.15) is 5.56 Å². The Morgan fingerprint density at radius 1 is 1.32 bits per heavy atom. The van der Waals surface area contributed by atoms with Crippen LogP contribution >= 0.6 is 0 Å². The zero-order chi connectivity index (χ0) is 12.4. The Morgan fingerprint density at radius 3 is 3.32 bits per heavy atom. The number of oxazole rings is 1. The fourth-order valence-electron chi connectivity index (χ4n) is 2.81. The van der Waals surface area contributed by atoms with Gasteiger partial charge in [0.2, 0.25) is 5.58 Å². The Balaban J connectivity index is 1.93. The van der Waals surface area contributed by atoms with Crippen molar-refractivity contribution in [3.8, 4) is 11.5 Å². The summed E-state index contributed by atoms with van der Waals surface area (Å²) in [4.78, 5) is 8.55. The highest BCUT2D eigenvalue weighted by molar-refractivity contribution is 5.86. The average Bonchev–Trinajstić information content (AvgIpc) is 3.07. The van der Waals surface area contributed by atoms with Gasteiger partial charge in [0.05, 0.1) is 17.3 Å². The van der Waals surface area contributed by atoms with E-state index in [1.54, 1.807) is 12.4 Å². The molecule has 90 valence electrons. The molecule has 0 saturated carbocycles. The van der Waals surface area contributed by atoms with Crippen molar-refractivity contribution in [2.75, 3.05) is 0 Å². The summed E-state index contributed by atoms with van der Waals surface area (Å²) in [5.41, 5.74) is 5.10. The van der Waals surface area contributed by atoms with E-state index in [0.717, 1.165) is 34.7 Å². The van der Waals surface area contributed by atoms with Crippen LogP contribution in [0.5, 0.6) is 0 Å². The van der Waals surface area contributed by atoms with Crippen molar-refractivity contribution < 1.29 is 8.98 Å². The van der Waals surface area contributed by atoms with Crippen LogP contribution < -0.4 is 4.57 Å². The molecule has 0 spiro atoms. The largest absolute Gasteiger partial charge is 0.393 e. The molecule has 1 aliphatic rings. The molecular formula is C14H9N4O+. The molecule has 0 aliphatic carbocycles. The van der Waals surface area contributed by atoms with Crippen molar-refractivity contribution in [3.63, 3.8) is 0 Å². The number of pyridine rings is 1. The lowest BCUT2D eigenvalue weighted by Crippen LogP contribution is -2.30. The second-order valence-corrected chi connectivity index (χ2v) is 4.72. The molecule has 0 atom stereocenters. The van der Waals surface area contributed by atoms with E-state index >= 15 is 0 Å². The van der Waals surface area contributed by atoms with Crippen molar-refractivity contribution in [2.45, 2.75) is 6.54 Å². The van der Waals surface area contributed by atoms with Gasteiger partial charge in [-0.05, 0) is 12.1 Å². The maximum absolute atomic E-state index is 6.04. The molecule has 19 heavy (non-hydrogen) atoms. The summed E-state index contributed by atoms with van der Waals surface area (Å²) in [5, 5.41) is 0. The smallest absolute Gasteiger partial charge is 0.382 e. The van der Waals surface area contributed by atoms with Gasteiger partial charge in [-0.1, -0.05) is 0 Å². The van der Waals surface area contributed by atoms with Gasteiger partial charge < -0.3 is 4.42 Å². The molecular weight excluding hydrogens is 240 g/mol. The van der Waals surface area contributed by atoms with Crippen LogP contribution in [0.15, 0.2) is 47.5 Å². The van der Waals surface area contributed by atoms with Crippen LogP contribution in [-0.2, 0) is 6.54 Å². The molecule has 1 aliphatic heterocycles. The molecule has 0 bridgehead atoms. The molecule has 5 heteroatoms. The molecule has 0 amide bonds. The molecule has 0 fully saturated rings. The van der Waals surface area contributed by atoms with Crippen molar-refractivity contribution in [3.05, 3.63) is 48.7 Å². The van der Waals surface area contributed by atoms with E-state index < -0.39 is 0 Å². The number of nitrogens with zero attached hydrogens (tertiary/aromatic N) is 4. The zero-order valence-corrected chi connectivity index (χ0v) is 9.95. The Bertz CT molecular complexity index is 951. The fourth-order valence-corrected chi connectivity index (χ4v) is 2.81.